The maximum Gasteiger partial charge on any atom is 0.406 e. The van der Waals surface area contributed by atoms with Crippen molar-refractivity contribution in [3.05, 3.63) is 43.0 Å². The van der Waals surface area contributed by atoms with E-state index in [1.54, 1.807) is 29.7 Å². The van der Waals surface area contributed by atoms with Crippen LogP contribution in [-0.4, -0.2) is 79.1 Å². The molecule has 0 amide bonds. The summed E-state index contributed by atoms with van der Waals surface area (Å²) in [4.78, 5) is 48.0. The average Bonchev–Trinajstić information content (AvgIpc) is 3.32. The number of hydrogen-bond acceptors (Lipinski definition) is 13. The summed E-state index contributed by atoms with van der Waals surface area (Å²) in [5, 5.41) is 19.1. The zero-order valence-corrected chi connectivity index (χ0v) is 24.2. The molecule has 0 aliphatic heterocycles. The molecule has 3 aromatic rings. The minimum Gasteiger partial charge on any atom is -0.479 e. The molecule has 16 nitrogen and oxygen atoms in total. The van der Waals surface area contributed by atoms with Gasteiger partial charge in [-0.2, -0.15) is 0 Å². The Bertz CT molecular complexity index is 1440. The van der Waals surface area contributed by atoms with Gasteiger partial charge in [0.2, 0.25) is 12.2 Å². The van der Waals surface area contributed by atoms with Crippen LogP contribution in [0.3, 0.4) is 0 Å². The number of hydrogen-bond donors (Lipinski definition) is 3. The molecular formula is C25H32N5O11P. The largest absolute Gasteiger partial charge is 0.479 e. The maximum atomic E-state index is 13.7. The fourth-order valence-electron chi connectivity index (χ4n) is 3.32. The lowest BCUT2D eigenvalue weighted by atomic mass is 9.97. The summed E-state index contributed by atoms with van der Waals surface area (Å²) in [6.07, 6.45) is -2.81. The molecule has 0 spiro atoms. The zero-order chi connectivity index (χ0) is 31.1. The highest BCUT2D eigenvalue weighted by Crippen LogP contribution is 2.48. The third kappa shape index (κ3) is 8.69. The highest BCUT2D eigenvalue weighted by atomic mass is 31.2. The van der Waals surface area contributed by atoms with Gasteiger partial charge in [-0.25, -0.2) is 29.1 Å². The number of carbonyl (C=O) groups excluding carboxylic acids is 1. The quantitative estimate of drug-likeness (QED) is 0.128. The minimum absolute atomic E-state index is 0.155. The Morgan fingerprint density at radius 2 is 1.69 bits per heavy atom. The van der Waals surface area contributed by atoms with Gasteiger partial charge in [-0.1, -0.05) is 18.2 Å². The van der Waals surface area contributed by atoms with Gasteiger partial charge in [-0.15, -0.1) is 0 Å². The molecule has 0 radical (unpaired) electrons. The topological polar surface area (TPSA) is 225 Å². The SMILES string of the molecule is CC(Cn1cnc2c(N)ncnc21)OCP(=O)(OCOC(C(=O)O)C(OC(=O)C(C)(C)C)C(=O)O)Oc1ccccc1. The Morgan fingerprint density at radius 1 is 1.02 bits per heavy atom. The van der Waals surface area contributed by atoms with Gasteiger partial charge in [-0.3, -0.25) is 9.32 Å². The van der Waals surface area contributed by atoms with Crippen LogP contribution in [0.25, 0.3) is 11.2 Å². The first-order valence-electron chi connectivity index (χ1n) is 12.5. The number of nitrogens with two attached hydrogens (primary N) is 1. The van der Waals surface area contributed by atoms with Gasteiger partial charge < -0.3 is 39.2 Å². The first-order valence-corrected chi connectivity index (χ1v) is 14.2. The van der Waals surface area contributed by atoms with Gasteiger partial charge >= 0.3 is 25.5 Å². The van der Waals surface area contributed by atoms with Crippen LogP contribution in [0.1, 0.15) is 27.7 Å². The molecule has 0 aliphatic carbocycles. The van der Waals surface area contributed by atoms with Gasteiger partial charge in [0.15, 0.2) is 24.6 Å². The van der Waals surface area contributed by atoms with Crippen LogP contribution in [0.2, 0.25) is 0 Å². The fraction of sp³-hybridized carbons (Fsp3) is 0.440. The van der Waals surface area contributed by atoms with Crippen molar-refractivity contribution >= 4 is 42.5 Å². The van der Waals surface area contributed by atoms with E-state index in [9.17, 15) is 29.2 Å². The van der Waals surface area contributed by atoms with E-state index in [-0.39, 0.29) is 18.1 Å². The summed E-state index contributed by atoms with van der Waals surface area (Å²) in [6, 6.07) is 7.97. The Kier molecular flexibility index (Phi) is 10.6. The van der Waals surface area contributed by atoms with E-state index in [0.29, 0.717) is 11.2 Å². The Morgan fingerprint density at radius 3 is 2.31 bits per heavy atom. The van der Waals surface area contributed by atoms with Crippen molar-refractivity contribution in [3.8, 4) is 5.75 Å². The molecule has 4 N–H and O–H groups in total. The first kappa shape index (κ1) is 32.4. The molecular weight excluding hydrogens is 577 g/mol. The second-order valence-electron chi connectivity index (χ2n) is 10.0. The number of aliphatic carboxylic acids is 2. The van der Waals surface area contributed by atoms with Crippen LogP contribution in [0.4, 0.5) is 5.82 Å². The number of benzene rings is 1. The van der Waals surface area contributed by atoms with Gasteiger partial charge in [0, 0.05) is 0 Å². The van der Waals surface area contributed by atoms with E-state index in [4.69, 9.17) is 29.0 Å². The van der Waals surface area contributed by atoms with E-state index in [2.05, 4.69) is 15.0 Å². The Hall–Kier alpha value is -4.11. The lowest BCUT2D eigenvalue weighted by Gasteiger charge is -2.26. The molecule has 228 valence electrons. The summed E-state index contributed by atoms with van der Waals surface area (Å²) in [7, 11) is -4.20. The molecule has 0 saturated carbocycles. The molecule has 0 fully saturated rings. The van der Waals surface area contributed by atoms with Crippen LogP contribution >= 0.6 is 7.60 Å². The van der Waals surface area contributed by atoms with Crippen molar-refractivity contribution in [1.29, 1.82) is 0 Å². The number of anilines is 1. The number of carboxylic acids is 2. The van der Waals surface area contributed by atoms with Gasteiger partial charge in [0.25, 0.3) is 0 Å². The lowest BCUT2D eigenvalue weighted by Crippen LogP contribution is -2.46. The minimum atomic E-state index is -4.20. The van der Waals surface area contributed by atoms with Crippen LogP contribution in [-0.2, 0) is 44.2 Å². The van der Waals surface area contributed by atoms with E-state index < -0.39 is 62.4 Å². The molecule has 0 saturated heterocycles. The van der Waals surface area contributed by atoms with Crippen molar-refractivity contribution < 1.29 is 52.4 Å². The average molecular weight is 610 g/mol. The normalized spacial score (nSPS) is 15.3. The number of rotatable bonds is 15. The van der Waals surface area contributed by atoms with Crippen LogP contribution in [0, 0.1) is 5.41 Å². The molecule has 1 aromatic carbocycles. The van der Waals surface area contributed by atoms with Crippen LogP contribution in [0.5, 0.6) is 5.75 Å². The molecule has 3 rings (SSSR count). The number of ether oxygens (including phenoxy) is 3. The molecule has 4 atom stereocenters. The second kappa shape index (κ2) is 13.7. The number of aromatic nitrogens is 4. The van der Waals surface area contributed by atoms with E-state index in [1.807, 2.05) is 0 Å². The van der Waals surface area contributed by atoms with Crippen molar-refractivity contribution in [2.45, 2.75) is 52.6 Å². The summed E-state index contributed by atoms with van der Waals surface area (Å²) in [6.45, 7) is 5.29. The number of para-hydroxylation sites is 1. The summed E-state index contributed by atoms with van der Waals surface area (Å²) < 4.78 is 41.9. The fourth-order valence-corrected chi connectivity index (χ4v) is 4.60. The number of carboxylic acid groups (broad SMARTS) is 2. The third-order valence-electron chi connectivity index (χ3n) is 5.49. The van der Waals surface area contributed by atoms with Gasteiger partial charge in [-0.05, 0) is 39.8 Å². The van der Waals surface area contributed by atoms with Crippen molar-refractivity contribution in [3.63, 3.8) is 0 Å². The molecule has 42 heavy (non-hydrogen) atoms. The standard InChI is InChI=1S/C25H32N5O11P/c1-15(10-30-12-29-17-20(26)27-11-28-21(17)30)38-14-42(36,41-16-8-6-5-7-9-16)39-13-37-18(22(31)32)19(23(33)34)40-24(35)25(2,3)4/h5-9,11-12,15,18-19H,10,13-14H2,1-4H3,(H,31,32)(H,33,34)(H2,26,27,28). The summed E-state index contributed by atoms with van der Waals surface area (Å²) >= 11 is 0. The lowest BCUT2D eigenvalue weighted by molar-refractivity contribution is -0.192. The predicted octanol–water partition coefficient (Wildman–Crippen LogP) is 2.53. The highest BCUT2D eigenvalue weighted by molar-refractivity contribution is 7.54. The van der Waals surface area contributed by atoms with Crippen LogP contribution in [0.15, 0.2) is 43.0 Å². The molecule has 4 unspecified atom stereocenters. The van der Waals surface area contributed by atoms with E-state index in [0.717, 1.165) is 0 Å². The Balaban J connectivity index is 1.71. The second-order valence-corrected chi connectivity index (χ2v) is 12.0. The predicted molar refractivity (Wildman–Crippen MR) is 145 cm³/mol. The number of nitrogen functional groups attached to an aromatic ring is 1. The number of esters is 1. The zero-order valence-electron chi connectivity index (χ0n) is 23.3. The van der Waals surface area contributed by atoms with Crippen LogP contribution < -0.4 is 10.3 Å². The highest BCUT2D eigenvalue weighted by Gasteiger charge is 2.41. The molecule has 2 aromatic heterocycles. The smallest absolute Gasteiger partial charge is 0.406 e. The van der Waals surface area contributed by atoms with Crippen molar-refractivity contribution in [2.24, 2.45) is 5.41 Å². The molecule has 2 heterocycles. The monoisotopic (exact) mass is 609 g/mol. The van der Waals surface area contributed by atoms with Crippen molar-refractivity contribution in [1.82, 2.24) is 19.5 Å². The molecule has 0 aliphatic rings. The van der Waals surface area contributed by atoms with E-state index in [1.165, 1.54) is 45.6 Å². The number of fused-ring (bicyclic) bond motifs is 1. The Labute approximate surface area is 240 Å². The summed E-state index contributed by atoms with van der Waals surface area (Å²) in [5.41, 5.74) is 5.57. The maximum absolute atomic E-state index is 13.7. The number of imidazole rings is 1. The van der Waals surface area contributed by atoms with E-state index >= 15 is 0 Å². The summed E-state index contributed by atoms with van der Waals surface area (Å²) in [5.74, 6) is -4.12. The van der Waals surface area contributed by atoms with Crippen molar-refractivity contribution in [2.75, 3.05) is 18.9 Å². The van der Waals surface area contributed by atoms with Gasteiger partial charge in [0.1, 0.15) is 17.6 Å². The third-order valence-corrected chi connectivity index (χ3v) is 6.95. The molecule has 0 bridgehead atoms. The van der Waals surface area contributed by atoms with Gasteiger partial charge in [0.05, 0.1) is 24.4 Å². The number of nitrogens with zero attached hydrogens (tertiary/aromatic N) is 4. The first-order chi connectivity index (χ1) is 19.7. The molecule has 17 heteroatoms. The number of carbonyl (C=O) groups is 3.